The van der Waals surface area contributed by atoms with Gasteiger partial charge in [0.1, 0.15) is 0 Å². The predicted molar refractivity (Wildman–Crippen MR) is 360 cm³/mol. The maximum Gasteiger partial charge on any atom is 0.0720 e. The first-order valence-corrected chi connectivity index (χ1v) is 30.7. The highest BCUT2D eigenvalue weighted by atomic mass is 15.1. The van der Waals surface area contributed by atoms with Crippen LogP contribution in [0.15, 0.2) is 285 Å². The van der Waals surface area contributed by atoms with Gasteiger partial charge >= 0.3 is 0 Å². The first kappa shape index (κ1) is 50.2. The predicted octanol–water partition coefficient (Wildman–Crippen LogP) is 21.5. The van der Waals surface area contributed by atoms with Crippen molar-refractivity contribution in [3.63, 3.8) is 0 Å². The zero-order chi connectivity index (χ0) is 56.8. The Balaban J connectivity index is 0.636. The highest BCUT2D eigenvalue weighted by Gasteiger charge is 2.59. The summed E-state index contributed by atoms with van der Waals surface area (Å²) in [5, 5.41) is 0. The second-order valence-corrected chi connectivity index (χ2v) is 24.2. The third-order valence-electron chi connectivity index (χ3n) is 19.9. The van der Waals surface area contributed by atoms with Gasteiger partial charge in [-0.3, -0.25) is 0 Å². The van der Waals surface area contributed by atoms with Crippen molar-refractivity contribution in [1.82, 2.24) is 0 Å². The van der Waals surface area contributed by atoms with E-state index in [0.717, 1.165) is 5.56 Å². The lowest BCUT2D eigenvalue weighted by Crippen LogP contribution is -2.43. The number of nitrogens with zero attached hydrogens (tertiary/aromatic N) is 1. The fraction of sp³-hybridized carbons (Fsp3) is 0.0824. The van der Waals surface area contributed by atoms with Gasteiger partial charge in [0, 0.05) is 22.5 Å². The molecule has 0 N–H and O–H groups in total. The Labute approximate surface area is 504 Å². The second kappa shape index (κ2) is 19.9. The smallest absolute Gasteiger partial charge is 0.0720 e. The molecule has 86 heavy (non-hydrogen) atoms. The Morgan fingerprint density at radius 3 is 0.965 bits per heavy atom. The molecule has 3 spiro atoms. The van der Waals surface area contributed by atoms with E-state index in [1.165, 1.54) is 160 Å². The fourth-order valence-electron chi connectivity index (χ4n) is 16.2. The highest BCUT2D eigenvalue weighted by molar-refractivity contribution is 5.95. The standard InChI is InChI=1S/C85H61N/c1-3-19-64(20-4-1)86(65-21-5-2-6-22-65)66-49-51-72-71-50-47-62(55-80(71)83(81(72)57-66)53-17-18-54-83)45-43-60-39-35-58(36-40-60)33-34-59-37-41-61(42-38-59)44-46-63-48-52-79-82(56-63)85(75-29-13-9-25-69(75)70-26-10-14-30-76(70)85)78-32-16-15-31-77(78)84(79)73-27-11-7-23-67(73)68-24-8-12-28-74(68)84/h1-16,19-52,55-57H,17-18,53-54H2/b34-33+,45-43+,46-44+. The van der Waals surface area contributed by atoms with Crippen molar-refractivity contribution in [3.05, 3.63) is 374 Å². The van der Waals surface area contributed by atoms with E-state index in [4.69, 9.17) is 0 Å². The van der Waals surface area contributed by atoms with Crippen LogP contribution in [0, 0.1) is 0 Å². The Morgan fingerprint density at radius 2 is 0.523 bits per heavy atom. The van der Waals surface area contributed by atoms with Gasteiger partial charge < -0.3 is 4.90 Å². The summed E-state index contributed by atoms with van der Waals surface area (Å²) in [4.78, 5) is 2.40. The zero-order valence-corrected chi connectivity index (χ0v) is 47.9. The summed E-state index contributed by atoms with van der Waals surface area (Å²) < 4.78 is 0. The molecular weight excluding hydrogens is 1030 g/mol. The normalized spacial score (nSPS) is 15.4. The van der Waals surface area contributed by atoms with Gasteiger partial charge in [-0.1, -0.05) is 292 Å². The van der Waals surface area contributed by atoms with E-state index in [9.17, 15) is 0 Å². The van der Waals surface area contributed by atoms with Crippen LogP contribution in [-0.2, 0) is 16.2 Å². The molecule has 0 aliphatic heterocycles. The summed E-state index contributed by atoms with van der Waals surface area (Å²) in [6, 6.07) is 107. The number of anilines is 3. The fourth-order valence-corrected chi connectivity index (χ4v) is 16.2. The highest BCUT2D eigenvalue weighted by Crippen LogP contribution is 2.67. The average Bonchev–Trinajstić information content (AvgIpc) is 1.41. The monoisotopic (exact) mass is 1100 g/mol. The molecule has 1 saturated carbocycles. The molecule has 0 atom stereocenters. The van der Waals surface area contributed by atoms with E-state index in [-0.39, 0.29) is 5.41 Å². The number of hydrogen-bond donors (Lipinski definition) is 0. The van der Waals surface area contributed by atoms with Gasteiger partial charge in [-0.2, -0.15) is 0 Å². The molecule has 17 rings (SSSR count). The summed E-state index contributed by atoms with van der Waals surface area (Å²) in [6.45, 7) is 0. The molecule has 1 nitrogen and oxygen atoms in total. The van der Waals surface area contributed by atoms with Crippen LogP contribution in [0.1, 0.15) is 115 Å². The lowest BCUT2D eigenvalue weighted by atomic mass is 9.52. The maximum absolute atomic E-state index is 2.52. The molecule has 5 aliphatic carbocycles. The molecule has 12 aromatic rings. The minimum absolute atomic E-state index is 0.0370. The lowest BCUT2D eigenvalue weighted by Gasteiger charge is -2.49. The van der Waals surface area contributed by atoms with Gasteiger partial charge in [0.2, 0.25) is 0 Å². The Kier molecular flexibility index (Phi) is 11.6. The summed E-state index contributed by atoms with van der Waals surface area (Å²) in [6.07, 6.45) is 18.4. The Bertz CT molecular complexity index is 4610. The molecule has 1 heteroatoms. The molecule has 0 heterocycles. The molecule has 406 valence electrons. The van der Waals surface area contributed by atoms with Gasteiger partial charge in [0.05, 0.1) is 10.8 Å². The van der Waals surface area contributed by atoms with Crippen molar-refractivity contribution in [2.24, 2.45) is 0 Å². The SMILES string of the molecule is C(=C\c1ccc(/C=C/c2ccc3c(c2)C2(c4ccccc4-c4ccccc42)c2ccccc2C32c3ccccc3-c3ccccc32)cc1)/c1ccc(/C=C/c2ccc3c(c2)C2(CCCC2)c2cc(N(c4ccccc4)c4ccccc4)ccc2-3)cc1. The molecule has 0 bridgehead atoms. The van der Waals surface area contributed by atoms with Gasteiger partial charge in [-0.05, 0) is 178 Å². The van der Waals surface area contributed by atoms with Gasteiger partial charge in [-0.25, -0.2) is 0 Å². The van der Waals surface area contributed by atoms with Crippen LogP contribution in [0.5, 0.6) is 0 Å². The van der Waals surface area contributed by atoms with Crippen LogP contribution in [0.3, 0.4) is 0 Å². The van der Waals surface area contributed by atoms with Gasteiger partial charge in [0.15, 0.2) is 0 Å². The van der Waals surface area contributed by atoms with Crippen LogP contribution < -0.4 is 4.90 Å². The van der Waals surface area contributed by atoms with Crippen LogP contribution in [0.4, 0.5) is 17.1 Å². The van der Waals surface area contributed by atoms with Crippen molar-refractivity contribution in [1.29, 1.82) is 0 Å². The molecule has 1 fully saturated rings. The minimum Gasteiger partial charge on any atom is -0.310 e. The third-order valence-corrected chi connectivity index (χ3v) is 19.9. The molecule has 0 aromatic heterocycles. The van der Waals surface area contributed by atoms with E-state index in [1.807, 2.05) is 0 Å². The molecule has 0 radical (unpaired) electrons. The summed E-state index contributed by atoms with van der Waals surface area (Å²) >= 11 is 0. The first-order chi connectivity index (χ1) is 42.6. The number of fused-ring (bicyclic) bond motifs is 21. The number of hydrogen-bond acceptors (Lipinski definition) is 1. The molecular formula is C85H61N. The van der Waals surface area contributed by atoms with E-state index >= 15 is 0 Å². The quantitative estimate of drug-likeness (QED) is 0.130. The van der Waals surface area contributed by atoms with Crippen molar-refractivity contribution in [2.75, 3.05) is 4.90 Å². The van der Waals surface area contributed by atoms with Crippen LogP contribution in [0.25, 0.3) is 69.8 Å². The van der Waals surface area contributed by atoms with Gasteiger partial charge in [-0.15, -0.1) is 0 Å². The largest absolute Gasteiger partial charge is 0.310 e. The van der Waals surface area contributed by atoms with E-state index < -0.39 is 10.8 Å². The molecule has 12 aromatic carbocycles. The van der Waals surface area contributed by atoms with E-state index in [2.05, 4.69) is 326 Å². The topological polar surface area (TPSA) is 3.24 Å². The van der Waals surface area contributed by atoms with Crippen molar-refractivity contribution >= 4 is 53.5 Å². The minimum atomic E-state index is -0.510. The number of para-hydroxylation sites is 2. The maximum atomic E-state index is 2.52. The summed E-state index contributed by atoms with van der Waals surface area (Å²) in [5.41, 5.74) is 31.6. The third kappa shape index (κ3) is 7.50. The summed E-state index contributed by atoms with van der Waals surface area (Å²) in [5.74, 6) is 0. The van der Waals surface area contributed by atoms with Crippen molar-refractivity contribution < 1.29 is 0 Å². The van der Waals surface area contributed by atoms with Crippen molar-refractivity contribution in [2.45, 2.75) is 41.9 Å². The number of benzene rings is 12. The Hall–Kier alpha value is -10.3. The lowest BCUT2D eigenvalue weighted by molar-refractivity contribution is 0.550. The molecule has 0 amide bonds. The van der Waals surface area contributed by atoms with Crippen LogP contribution in [-0.4, -0.2) is 0 Å². The van der Waals surface area contributed by atoms with E-state index in [0.29, 0.717) is 0 Å². The second-order valence-electron chi connectivity index (χ2n) is 24.2. The van der Waals surface area contributed by atoms with Crippen molar-refractivity contribution in [3.8, 4) is 33.4 Å². The van der Waals surface area contributed by atoms with Gasteiger partial charge in [0.25, 0.3) is 0 Å². The number of rotatable bonds is 9. The molecule has 0 saturated heterocycles. The Morgan fingerprint density at radius 1 is 0.221 bits per heavy atom. The van der Waals surface area contributed by atoms with E-state index in [1.54, 1.807) is 0 Å². The molecule has 0 unspecified atom stereocenters. The van der Waals surface area contributed by atoms with Crippen LogP contribution >= 0.6 is 0 Å². The molecule has 5 aliphatic rings. The average molecular weight is 1100 g/mol. The summed E-state index contributed by atoms with van der Waals surface area (Å²) in [7, 11) is 0. The van der Waals surface area contributed by atoms with Crippen LogP contribution in [0.2, 0.25) is 0 Å². The first-order valence-electron chi connectivity index (χ1n) is 30.7. The zero-order valence-electron chi connectivity index (χ0n) is 47.9.